The third kappa shape index (κ3) is 3.24. The van der Waals surface area contributed by atoms with Crippen LogP contribution in [-0.4, -0.2) is 49.6 Å². The summed E-state index contributed by atoms with van der Waals surface area (Å²) in [5, 5.41) is 14.0. The second kappa shape index (κ2) is 7.28. The van der Waals surface area contributed by atoms with Gasteiger partial charge in [0.1, 0.15) is 17.5 Å². The van der Waals surface area contributed by atoms with Crippen LogP contribution in [0.4, 0.5) is 5.69 Å². The Balaban J connectivity index is 1.93. The van der Waals surface area contributed by atoms with Crippen molar-refractivity contribution in [2.45, 2.75) is 54.2 Å². The van der Waals surface area contributed by atoms with Crippen LogP contribution in [-0.2, 0) is 14.6 Å². The minimum atomic E-state index is -3.83. The molecule has 1 saturated heterocycles. The van der Waals surface area contributed by atoms with Gasteiger partial charge in [0.15, 0.2) is 0 Å². The summed E-state index contributed by atoms with van der Waals surface area (Å²) in [7, 11) is -2.18. The van der Waals surface area contributed by atoms with Gasteiger partial charge in [-0.3, -0.25) is 4.79 Å². The quantitative estimate of drug-likeness (QED) is 0.774. The van der Waals surface area contributed by atoms with Gasteiger partial charge in [0.2, 0.25) is 15.7 Å². The van der Waals surface area contributed by atoms with Crippen LogP contribution in [0.1, 0.15) is 38.3 Å². The number of hydrogen-bond acceptors (Lipinski definition) is 6. The average molecular weight is 431 g/mol. The minimum absolute atomic E-state index is 0.0483. The van der Waals surface area contributed by atoms with E-state index in [1.165, 1.54) is 6.07 Å². The molecule has 8 heteroatoms. The van der Waals surface area contributed by atoms with Crippen molar-refractivity contribution in [3.05, 3.63) is 48.0 Å². The van der Waals surface area contributed by atoms with Gasteiger partial charge in [-0.25, -0.2) is 8.42 Å². The lowest BCUT2D eigenvalue weighted by atomic mass is 9.85. The van der Waals surface area contributed by atoms with E-state index in [9.17, 15) is 18.3 Å². The number of benzene rings is 2. The third-order valence-electron chi connectivity index (χ3n) is 5.87. The molecule has 2 N–H and O–H groups in total. The Hall–Kier alpha value is -2.58. The second-order valence-corrected chi connectivity index (χ2v) is 10.2. The van der Waals surface area contributed by atoms with Crippen LogP contribution in [0.5, 0.6) is 5.75 Å². The predicted octanol–water partition coefficient (Wildman–Crippen LogP) is 2.76. The number of carbonyl (C=O) groups excluding carboxylic acids is 1. The van der Waals surface area contributed by atoms with E-state index in [-0.39, 0.29) is 15.7 Å². The predicted molar refractivity (Wildman–Crippen MR) is 112 cm³/mol. The van der Waals surface area contributed by atoms with Crippen molar-refractivity contribution in [1.82, 2.24) is 4.90 Å². The van der Waals surface area contributed by atoms with Crippen molar-refractivity contribution >= 4 is 21.4 Å². The van der Waals surface area contributed by atoms with Gasteiger partial charge < -0.3 is 20.1 Å². The summed E-state index contributed by atoms with van der Waals surface area (Å²) in [5.74, 6) is 0.416. The zero-order chi connectivity index (χ0) is 21.7. The molecule has 2 unspecified atom stereocenters. The molecule has 0 aromatic heterocycles. The summed E-state index contributed by atoms with van der Waals surface area (Å²) in [5.41, 5.74) is -0.0346. The molecule has 1 fully saturated rings. The molecular formula is C22H26N2O5S. The van der Waals surface area contributed by atoms with E-state index < -0.39 is 27.6 Å². The molecule has 0 saturated carbocycles. The monoisotopic (exact) mass is 430 g/mol. The number of anilines is 1. The molecule has 0 spiro atoms. The Kier molecular flexibility index (Phi) is 5.02. The number of amides is 1. The summed E-state index contributed by atoms with van der Waals surface area (Å²) in [4.78, 5) is 14.4. The Morgan fingerprint density at radius 1 is 1.20 bits per heavy atom. The molecule has 4 rings (SSSR count). The number of aliphatic hydroxyl groups excluding tert-OH is 1. The van der Waals surface area contributed by atoms with Crippen molar-refractivity contribution in [3.8, 4) is 5.75 Å². The number of rotatable bonds is 4. The van der Waals surface area contributed by atoms with Crippen molar-refractivity contribution in [1.29, 1.82) is 0 Å². The van der Waals surface area contributed by atoms with E-state index in [1.807, 2.05) is 0 Å². The molecule has 1 amide bonds. The fourth-order valence-corrected chi connectivity index (χ4v) is 5.74. The van der Waals surface area contributed by atoms with E-state index in [0.717, 1.165) is 0 Å². The van der Waals surface area contributed by atoms with Crippen molar-refractivity contribution in [2.24, 2.45) is 0 Å². The molecule has 30 heavy (non-hydrogen) atoms. The highest BCUT2D eigenvalue weighted by atomic mass is 32.2. The number of ether oxygens (including phenoxy) is 1. The lowest BCUT2D eigenvalue weighted by molar-refractivity contribution is -0.139. The van der Waals surface area contributed by atoms with Gasteiger partial charge >= 0.3 is 0 Å². The highest BCUT2D eigenvalue weighted by Gasteiger charge is 2.48. The van der Waals surface area contributed by atoms with Gasteiger partial charge in [-0.2, -0.15) is 0 Å². The average Bonchev–Trinajstić information content (AvgIpc) is 3.14. The van der Waals surface area contributed by atoms with Crippen LogP contribution >= 0.6 is 0 Å². The van der Waals surface area contributed by atoms with Crippen LogP contribution in [0.3, 0.4) is 0 Å². The van der Waals surface area contributed by atoms with Crippen molar-refractivity contribution < 1.29 is 23.1 Å². The topological polar surface area (TPSA) is 95.9 Å². The zero-order valence-electron chi connectivity index (χ0n) is 17.3. The van der Waals surface area contributed by atoms with E-state index >= 15 is 0 Å². The summed E-state index contributed by atoms with van der Waals surface area (Å²) in [6.45, 7) is 4.05. The smallest absolute Gasteiger partial charge is 0.223 e. The molecule has 0 radical (unpaired) electrons. The van der Waals surface area contributed by atoms with E-state index in [4.69, 9.17) is 4.74 Å². The van der Waals surface area contributed by atoms with E-state index in [2.05, 4.69) is 5.32 Å². The Labute approximate surface area is 176 Å². The van der Waals surface area contributed by atoms with Crippen LogP contribution in [0.25, 0.3) is 0 Å². The number of hydrogen-bond donors (Lipinski definition) is 2. The first kappa shape index (κ1) is 20.7. The summed E-state index contributed by atoms with van der Waals surface area (Å²) in [6.07, 6.45) is 0.131. The molecule has 2 aromatic rings. The molecule has 0 aliphatic carbocycles. The normalized spacial score (nSPS) is 23.1. The molecule has 2 aliphatic rings. The lowest BCUT2D eigenvalue weighted by Gasteiger charge is -2.45. The van der Waals surface area contributed by atoms with Gasteiger partial charge in [-0.05, 0) is 38.5 Å². The van der Waals surface area contributed by atoms with Gasteiger partial charge in [-0.1, -0.05) is 18.2 Å². The van der Waals surface area contributed by atoms with Gasteiger partial charge in [0.25, 0.3) is 0 Å². The zero-order valence-corrected chi connectivity index (χ0v) is 18.1. The number of sulfone groups is 1. The van der Waals surface area contributed by atoms with E-state index in [0.29, 0.717) is 36.4 Å². The Bertz CT molecular complexity index is 1080. The van der Waals surface area contributed by atoms with E-state index in [1.54, 1.807) is 62.2 Å². The molecule has 7 nitrogen and oxygen atoms in total. The highest BCUT2D eigenvalue weighted by molar-refractivity contribution is 7.91. The summed E-state index contributed by atoms with van der Waals surface area (Å²) in [6, 6.07) is 10.7. The van der Waals surface area contributed by atoms with Crippen LogP contribution in [0.2, 0.25) is 0 Å². The Morgan fingerprint density at radius 3 is 2.50 bits per heavy atom. The molecular weight excluding hydrogens is 404 g/mol. The maximum atomic E-state index is 13.4. The standard InChI is InChI=1S/C22H26N2O5S/c1-22(2)21(26)20(24-11-7-10-19(24)25)15-12-18(16(23-3)13-17(15)29-22)30(27,28)14-8-5-4-6-9-14/h4-6,8-9,12-13,20-21,23,26H,7,10-11H2,1-3H3. The van der Waals surface area contributed by atoms with Crippen LogP contribution in [0, 0.1) is 0 Å². The fraction of sp³-hybridized carbons (Fsp3) is 0.409. The third-order valence-corrected chi connectivity index (χ3v) is 7.68. The van der Waals surface area contributed by atoms with Gasteiger partial charge in [0.05, 0.1) is 21.5 Å². The molecule has 2 atom stereocenters. The number of aliphatic hydroxyl groups is 1. The van der Waals surface area contributed by atoms with Crippen LogP contribution < -0.4 is 10.1 Å². The number of carbonyl (C=O) groups is 1. The summed E-state index contributed by atoms with van der Waals surface area (Å²) < 4.78 is 32.8. The first-order valence-corrected chi connectivity index (χ1v) is 11.5. The van der Waals surface area contributed by atoms with Crippen LogP contribution in [0.15, 0.2) is 52.3 Å². The molecule has 160 valence electrons. The van der Waals surface area contributed by atoms with Crippen molar-refractivity contribution in [2.75, 3.05) is 18.9 Å². The first-order chi connectivity index (χ1) is 14.2. The first-order valence-electron chi connectivity index (χ1n) is 9.99. The molecule has 0 bridgehead atoms. The van der Waals surface area contributed by atoms with Gasteiger partial charge in [-0.15, -0.1) is 0 Å². The largest absolute Gasteiger partial charge is 0.485 e. The number of likely N-dealkylation sites (tertiary alicyclic amines) is 1. The molecule has 2 aromatic carbocycles. The number of nitrogens with one attached hydrogen (secondary N) is 1. The van der Waals surface area contributed by atoms with Gasteiger partial charge in [0, 0.05) is 31.6 Å². The minimum Gasteiger partial charge on any atom is -0.485 e. The lowest BCUT2D eigenvalue weighted by Crippen LogP contribution is -2.53. The number of fused-ring (bicyclic) bond motifs is 1. The van der Waals surface area contributed by atoms with Crippen molar-refractivity contribution in [3.63, 3.8) is 0 Å². The summed E-state index contributed by atoms with van der Waals surface area (Å²) >= 11 is 0. The SMILES string of the molecule is CNc1cc2c(cc1S(=O)(=O)c1ccccc1)C(N1CCCC1=O)C(O)C(C)(C)O2. The maximum Gasteiger partial charge on any atom is 0.223 e. The maximum absolute atomic E-state index is 13.4. The highest BCUT2D eigenvalue weighted by Crippen LogP contribution is 2.47. The fourth-order valence-electron chi connectivity index (χ4n) is 4.24. The Morgan fingerprint density at radius 2 is 1.90 bits per heavy atom. The number of nitrogens with zero attached hydrogens (tertiary/aromatic N) is 1. The molecule has 2 heterocycles. The second-order valence-electron chi connectivity index (χ2n) is 8.24. The molecule has 2 aliphatic heterocycles.